The molecule has 4 rings (SSSR count). The lowest BCUT2D eigenvalue weighted by atomic mass is 10.1. The Kier molecular flexibility index (Phi) is 12.7. The molecule has 1 N–H and O–H groups in total. The molecule has 43 heavy (non-hydrogen) atoms. The highest BCUT2D eigenvalue weighted by atomic mass is 32.2. The van der Waals surface area contributed by atoms with E-state index < -0.39 is 11.2 Å². The van der Waals surface area contributed by atoms with E-state index in [1.165, 1.54) is 31.0 Å². The summed E-state index contributed by atoms with van der Waals surface area (Å²) in [4.78, 5) is 42.9. The lowest BCUT2D eigenvalue weighted by Gasteiger charge is -2.25. The number of amides is 2. The molecule has 2 unspecified atom stereocenters. The molecule has 1 fully saturated rings. The third kappa shape index (κ3) is 9.72. The molecule has 2 atom stereocenters. The first-order valence-corrected chi connectivity index (χ1v) is 16.6. The Balaban J connectivity index is 1.43. The second kappa shape index (κ2) is 16.9. The molecule has 7 heteroatoms. The standard InChI is InChI=1S/C36H44N2O4S/c1-2-3-4-5-12-20-32-38(25-14-13-15-28-21-23-31(24-22-28)36(41)42)35(40)33(43-32)34(39)37(26-29-16-8-6-9-17-29)27-30-18-10-7-11-19-30/h6-11,16-19,21-24,32-33H,2-5,12-15,20,25-27H2,1H3,(H,41,42). The van der Waals surface area contributed by atoms with Crippen LogP contribution in [0.15, 0.2) is 84.9 Å². The predicted molar refractivity (Wildman–Crippen MR) is 174 cm³/mol. The summed E-state index contributed by atoms with van der Waals surface area (Å²) < 4.78 is 0. The van der Waals surface area contributed by atoms with Crippen molar-refractivity contribution in [1.29, 1.82) is 0 Å². The summed E-state index contributed by atoms with van der Waals surface area (Å²) in [5.74, 6) is -1.10. The second-order valence-corrected chi connectivity index (χ2v) is 12.6. The minimum atomic E-state index is -0.924. The van der Waals surface area contributed by atoms with Gasteiger partial charge in [0.05, 0.1) is 10.9 Å². The van der Waals surface area contributed by atoms with Crippen molar-refractivity contribution in [2.24, 2.45) is 0 Å². The number of thioether (sulfide) groups is 1. The number of carbonyl (C=O) groups is 3. The Labute approximate surface area is 260 Å². The summed E-state index contributed by atoms with van der Waals surface area (Å²) in [6, 6.07) is 27.0. The summed E-state index contributed by atoms with van der Waals surface area (Å²) in [6.07, 6.45) is 9.25. The molecule has 3 aromatic rings. The third-order valence-electron chi connectivity index (χ3n) is 7.99. The summed E-state index contributed by atoms with van der Waals surface area (Å²) in [7, 11) is 0. The van der Waals surface area contributed by atoms with Gasteiger partial charge in [0, 0.05) is 19.6 Å². The number of unbranched alkanes of at least 4 members (excludes halogenated alkanes) is 5. The van der Waals surface area contributed by atoms with E-state index in [0.717, 1.165) is 55.2 Å². The molecule has 0 radical (unpaired) electrons. The molecule has 3 aromatic carbocycles. The van der Waals surface area contributed by atoms with Crippen molar-refractivity contribution in [2.45, 2.75) is 88.4 Å². The summed E-state index contributed by atoms with van der Waals surface area (Å²) in [6.45, 7) is 3.75. The Morgan fingerprint density at radius 1 is 0.767 bits per heavy atom. The van der Waals surface area contributed by atoms with Gasteiger partial charge in [-0.05, 0) is 54.5 Å². The Hall–Kier alpha value is -3.58. The number of hydrogen-bond donors (Lipinski definition) is 1. The minimum Gasteiger partial charge on any atom is -0.478 e. The van der Waals surface area contributed by atoms with Crippen molar-refractivity contribution in [3.05, 3.63) is 107 Å². The van der Waals surface area contributed by atoms with Gasteiger partial charge < -0.3 is 14.9 Å². The number of carboxylic acid groups (broad SMARTS) is 1. The zero-order valence-electron chi connectivity index (χ0n) is 25.2. The maximum absolute atomic E-state index is 14.1. The normalized spacial score (nSPS) is 16.4. The van der Waals surface area contributed by atoms with Crippen LogP contribution in [0.3, 0.4) is 0 Å². The van der Waals surface area contributed by atoms with Crippen LogP contribution in [-0.4, -0.2) is 49.9 Å². The van der Waals surface area contributed by atoms with Gasteiger partial charge in [-0.25, -0.2) is 4.79 Å². The average molecular weight is 601 g/mol. The van der Waals surface area contributed by atoms with Gasteiger partial charge >= 0.3 is 5.97 Å². The number of hydrogen-bond acceptors (Lipinski definition) is 4. The smallest absolute Gasteiger partial charge is 0.335 e. The van der Waals surface area contributed by atoms with E-state index in [-0.39, 0.29) is 22.8 Å². The highest BCUT2D eigenvalue weighted by molar-refractivity contribution is 8.02. The van der Waals surface area contributed by atoms with Crippen LogP contribution in [0.2, 0.25) is 0 Å². The van der Waals surface area contributed by atoms with E-state index in [1.54, 1.807) is 12.1 Å². The molecule has 228 valence electrons. The highest BCUT2D eigenvalue weighted by Gasteiger charge is 2.45. The zero-order valence-corrected chi connectivity index (χ0v) is 26.0. The van der Waals surface area contributed by atoms with Crippen LogP contribution in [-0.2, 0) is 29.1 Å². The molecule has 1 aliphatic rings. The first-order valence-electron chi connectivity index (χ1n) is 15.6. The Morgan fingerprint density at radius 3 is 1.95 bits per heavy atom. The topological polar surface area (TPSA) is 77.9 Å². The van der Waals surface area contributed by atoms with Crippen molar-refractivity contribution in [1.82, 2.24) is 9.80 Å². The number of rotatable bonds is 17. The molecular formula is C36H44N2O4S. The van der Waals surface area contributed by atoms with Crippen LogP contribution >= 0.6 is 11.8 Å². The van der Waals surface area contributed by atoms with Gasteiger partial charge in [-0.15, -0.1) is 11.8 Å². The van der Waals surface area contributed by atoms with Gasteiger partial charge in [0.25, 0.3) is 0 Å². The van der Waals surface area contributed by atoms with Crippen LogP contribution in [0.1, 0.15) is 85.3 Å². The van der Waals surface area contributed by atoms with E-state index >= 15 is 0 Å². The van der Waals surface area contributed by atoms with Crippen molar-refractivity contribution >= 4 is 29.5 Å². The fourth-order valence-corrected chi connectivity index (χ4v) is 7.05. The number of benzene rings is 3. The number of carbonyl (C=O) groups excluding carboxylic acids is 2. The van der Waals surface area contributed by atoms with Crippen LogP contribution < -0.4 is 0 Å². The second-order valence-electron chi connectivity index (χ2n) is 11.3. The van der Waals surface area contributed by atoms with Crippen LogP contribution in [0, 0.1) is 0 Å². The lowest BCUT2D eigenvalue weighted by Crippen LogP contribution is -2.43. The predicted octanol–water partition coefficient (Wildman–Crippen LogP) is 7.57. The maximum Gasteiger partial charge on any atom is 0.335 e. The highest BCUT2D eigenvalue weighted by Crippen LogP contribution is 2.37. The lowest BCUT2D eigenvalue weighted by molar-refractivity contribution is -0.139. The van der Waals surface area contributed by atoms with Gasteiger partial charge in [0.15, 0.2) is 5.25 Å². The molecule has 0 aliphatic carbocycles. The molecule has 0 aromatic heterocycles. The van der Waals surface area contributed by atoms with Gasteiger partial charge in [0.1, 0.15) is 0 Å². The number of aryl methyl sites for hydroxylation is 1. The van der Waals surface area contributed by atoms with E-state index in [1.807, 2.05) is 82.6 Å². The third-order valence-corrected chi connectivity index (χ3v) is 9.47. The fourth-order valence-electron chi connectivity index (χ4n) is 5.56. The van der Waals surface area contributed by atoms with Gasteiger partial charge in [-0.2, -0.15) is 0 Å². The molecular weight excluding hydrogens is 556 g/mol. The average Bonchev–Trinajstić information content (AvgIpc) is 3.34. The van der Waals surface area contributed by atoms with E-state index in [4.69, 9.17) is 5.11 Å². The van der Waals surface area contributed by atoms with Gasteiger partial charge in [-0.1, -0.05) is 112 Å². The SMILES string of the molecule is CCCCCCCC1SC(C(=O)N(Cc2ccccc2)Cc2ccccc2)C(=O)N1CCCCc1ccc(C(=O)O)cc1. The molecule has 0 spiro atoms. The summed E-state index contributed by atoms with van der Waals surface area (Å²) >= 11 is 1.54. The fraction of sp³-hybridized carbons (Fsp3) is 0.417. The van der Waals surface area contributed by atoms with Crippen molar-refractivity contribution in [3.63, 3.8) is 0 Å². The molecule has 1 heterocycles. The van der Waals surface area contributed by atoms with Crippen molar-refractivity contribution in [3.8, 4) is 0 Å². The van der Waals surface area contributed by atoms with Crippen molar-refractivity contribution in [2.75, 3.05) is 6.54 Å². The molecule has 0 bridgehead atoms. The zero-order chi connectivity index (χ0) is 30.4. The van der Waals surface area contributed by atoms with Crippen LogP contribution in [0.4, 0.5) is 0 Å². The van der Waals surface area contributed by atoms with E-state index in [0.29, 0.717) is 19.6 Å². The molecule has 1 saturated heterocycles. The Bertz CT molecular complexity index is 1260. The first kappa shape index (κ1) is 32.3. The summed E-state index contributed by atoms with van der Waals surface area (Å²) in [5.41, 5.74) is 3.46. The van der Waals surface area contributed by atoms with E-state index in [2.05, 4.69) is 6.92 Å². The van der Waals surface area contributed by atoms with Crippen LogP contribution in [0.5, 0.6) is 0 Å². The maximum atomic E-state index is 14.1. The van der Waals surface area contributed by atoms with Crippen molar-refractivity contribution < 1.29 is 19.5 Å². The quantitative estimate of drug-likeness (QED) is 0.128. The molecule has 6 nitrogen and oxygen atoms in total. The van der Waals surface area contributed by atoms with Gasteiger partial charge in [-0.3, -0.25) is 9.59 Å². The monoisotopic (exact) mass is 600 g/mol. The molecule has 0 saturated carbocycles. The number of aromatic carboxylic acids is 1. The van der Waals surface area contributed by atoms with Crippen LogP contribution in [0.25, 0.3) is 0 Å². The molecule has 2 amide bonds. The summed E-state index contributed by atoms with van der Waals surface area (Å²) in [5, 5.41) is 8.42. The largest absolute Gasteiger partial charge is 0.478 e. The van der Waals surface area contributed by atoms with E-state index in [9.17, 15) is 14.4 Å². The first-order chi connectivity index (χ1) is 21.0. The molecule has 1 aliphatic heterocycles. The minimum absolute atomic E-state index is 0.00762. The van der Waals surface area contributed by atoms with Gasteiger partial charge in [0.2, 0.25) is 11.8 Å². The number of carboxylic acids is 1. The number of nitrogens with zero attached hydrogens (tertiary/aromatic N) is 2. The Morgan fingerprint density at radius 2 is 1.37 bits per heavy atom.